The van der Waals surface area contributed by atoms with Crippen LogP contribution in [-0.4, -0.2) is 55.6 Å². The number of unbranched alkanes of at least 4 members (excludes halogenated alkanes) is 3. The van der Waals surface area contributed by atoms with Gasteiger partial charge in [-0.1, -0.05) is 0 Å². The first-order chi connectivity index (χ1) is 8.74. The Labute approximate surface area is 126 Å². The molecule has 0 aromatic rings. The van der Waals surface area contributed by atoms with Crippen LogP contribution in [0.4, 0.5) is 0 Å². The van der Waals surface area contributed by atoms with Gasteiger partial charge in [-0.2, -0.15) is 0 Å². The van der Waals surface area contributed by atoms with Gasteiger partial charge in [-0.3, -0.25) is 0 Å². The number of hydrogen-bond acceptors (Lipinski definition) is 3. The van der Waals surface area contributed by atoms with E-state index >= 15 is 0 Å². The van der Waals surface area contributed by atoms with Crippen molar-refractivity contribution in [3.63, 3.8) is 0 Å². The summed E-state index contributed by atoms with van der Waals surface area (Å²) in [6, 6.07) is 0. The molecule has 1 aliphatic heterocycles. The summed E-state index contributed by atoms with van der Waals surface area (Å²) in [5.74, 6) is 1.38. The summed E-state index contributed by atoms with van der Waals surface area (Å²) in [6.07, 6.45) is 8.88. The molecule has 1 unspecified atom stereocenters. The summed E-state index contributed by atoms with van der Waals surface area (Å²) in [7, 11) is 0. The van der Waals surface area contributed by atoms with E-state index in [1.165, 1.54) is 63.9 Å². The Kier molecular flexibility index (Phi) is 8.31. The number of nitrogens with zero attached hydrogens (tertiary/aromatic N) is 3. The average molecular weight is 360 g/mol. The monoisotopic (exact) mass is 361 g/mol. The Hall–Kier alpha value is 0.229. The van der Waals surface area contributed by atoms with E-state index in [4.69, 9.17) is 4.99 Å². The summed E-state index contributed by atoms with van der Waals surface area (Å²) in [4.78, 5) is 4.96. The number of rotatable bonds is 9. The molecule has 0 aromatic heterocycles. The molecule has 0 saturated heterocycles. The molecule has 1 heterocycles. The minimum absolute atomic E-state index is 0.557. The van der Waals surface area contributed by atoms with Crippen molar-refractivity contribution in [1.82, 2.24) is 10.0 Å². The van der Waals surface area contributed by atoms with Gasteiger partial charge in [-0.15, -0.1) is 0 Å². The van der Waals surface area contributed by atoms with E-state index < -0.39 is 0 Å². The van der Waals surface area contributed by atoms with E-state index in [0.717, 1.165) is 0 Å². The summed E-state index contributed by atoms with van der Waals surface area (Å²) < 4.78 is 0.557. The first-order valence-electron chi connectivity index (χ1n) is 7.85. The van der Waals surface area contributed by atoms with E-state index in [-0.39, 0.29) is 0 Å². The fraction of sp³-hybridized carbons (Fsp3) is 0.929. The Morgan fingerprint density at radius 2 is 1.61 bits per heavy atom. The van der Waals surface area contributed by atoms with Crippen molar-refractivity contribution in [3.8, 4) is 0 Å². The molecular formula is C14H31N3Sn. The van der Waals surface area contributed by atoms with Crippen molar-refractivity contribution in [3.05, 3.63) is 0 Å². The SMILES string of the molecule is CCCCC1=N[CH]([SnH3])N(CCCC)N1CCCC. The van der Waals surface area contributed by atoms with Crippen molar-refractivity contribution in [1.29, 1.82) is 0 Å². The predicted molar refractivity (Wildman–Crippen MR) is 83.9 cm³/mol. The van der Waals surface area contributed by atoms with Gasteiger partial charge in [0.2, 0.25) is 0 Å². The summed E-state index contributed by atoms with van der Waals surface area (Å²) >= 11 is 0.587. The van der Waals surface area contributed by atoms with Crippen molar-refractivity contribution in [2.24, 2.45) is 4.99 Å². The van der Waals surface area contributed by atoms with E-state index in [2.05, 4.69) is 30.8 Å². The molecule has 106 valence electrons. The summed E-state index contributed by atoms with van der Waals surface area (Å²) in [5.41, 5.74) is 0. The average Bonchev–Trinajstić information content (AvgIpc) is 2.67. The van der Waals surface area contributed by atoms with E-state index in [0.29, 0.717) is 26.7 Å². The van der Waals surface area contributed by atoms with E-state index in [1.54, 1.807) is 0 Å². The minimum atomic E-state index is 0.557. The maximum atomic E-state index is 4.96. The third kappa shape index (κ3) is 4.72. The molecule has 0 radical (unpaired) electrons. The topological polar surface area (TPSA) is 18.8 Å². The number of hydrogen-bond donors (Lipinski definition) is 0. The molecule has 1 rings (SSSR count). The molecule has 0 fully saturated rings. The molecule has 4 heteroatoms. The Morgan fingerprint density at radius 3 is 2.22 bits per heavy atom. The number of aliphatic imine (C=N–C) groups is 1. The molecule has 0 bridgehead atoms. The van der Waals surface area contributed by atoms with E-state index in [9.17, 15) is 0 Å². The normalized spacial score (nSPS) is 20.7. The molecule has 1 aliphatic rings. The van der Waals surface area contributed by atoms with Crippen LogP contribution < -0.4 is 0 Å². The zero-order chi connectivity index (χ0) is 13.4. The van der Waals surface area contributed by atoms with Crippen molar-refractivity contribution in [2.75, 3.05) is 13.1 Å². The first-order valence-corrected chi connectivity index (χ1v) is 11.1. The third-order valence-electron chi connectivity index (χ3n) is 3.59. The molecule has 1 atom stereocenters. The Bertz CT molecular complexity index is 255. The van der Waals surface area contributed by atoms with Crippen LogP contribution in [0.3, 0.4) is 0 Å². The quantitative estimate of drug-likeness (QED) is 0.588. The van der Waals surface area contributed by atoms with Crippen molar-refractivity contribution >= 4 is 28.4 Å². The molecule has 0 aliphatic carbocycles. The second-order valence-electron chi connectivity index (χ2n) is 5.27. The van der Waals surface area contributed by atoms with Gasteiger partial charge in [0, 0.05) is 0 Å². The zero-order valence-electron chi connectivity index (χ0n) is 12.8. The fourth-order valence-electron chi connectivity index (χ4n) is 2.42. The third-order valence-corrected chi connectivity index (χ3v) is 6.03. The molecular weight excluding hydrogens is 329 g/mol. The van der Waals surface area contributed by atoms with Crippen LogP contribution in [0.5, 0.6) is 0 Å². The Morgan fingerprint density at radius 1 is 1.00 bits per heavy atom. The second kappa shape index (κ2) is 9.18. The van der Waals surface area contributed by atoms with Crippen LogP contribution in [0.1, 0.15) is 65.7 Å². The van der Waals surface area contributed by atoms with Gasteiger partial charge in [0.25, 0.3) is 0 Å². The van der Waals surface area contributed by atoms with Crippen molar-refractivity contribution in [2.45, 2.75) is 69.9 Å². The van der Waals surface area contributed by atoms with Gasteiger partial charge in [0.05, 0.1) is 0 Å². The number of hydrazine groups is 1. The Balaban J connectivity index is 2.60. The molecule has 0 N–H and O–H groups in total. The zero-order valence-corrected chi connectivity index (χ0v) is 18.5. The summed E-state index contributed by atoms with van der Waals surface area (Å²) in [5, 5.41) is 5.09. The van der Waals surface area contributed by atoms with Crippen LogP contribution >= 0.6 is 0 Å². The molecule has 3 nitrogen and oxygen atoms in total. The van der Waals surface area contributed by atoms with E-state index in [1.807, 2.05) is 0 Å². The van der Waals surface area contributed by atoms with Crippen molar-refractivity contribution < 1.29 is 0 Å². The van der Waals surface area contributed by atoms with Gasteiger partial charge < -0.3 is 0 Å². The molecule has 0 saturated carbocycles. The number of amidine groups is 1. The standard InChI is InChI=1S/C14H28N3.Sn.3H/c1-4-7-10-14-15-13-16(11-8-5-2)17(14)12-9-6-3;;;;/h13H,4-12H2,1-3H3;;;;. The maximum absolute atomic E-state index is 4.96. The van der Waals surface area contributed by atoms with Gasteiger partial charge in [0.15, 0.2) is 0 Å². The van der Waals surface area contributed by atoms with Gasteiger partial charge in [0.1, 0.15) is 0 Å². The van der Waals surface area contributed by atoms with Crippen LogP contribution in [0, 0.1) is 0 Å². The van der Waals surface area contributed by atoms with Gasteiger partial charge in [-0.05, 0) is 0 Å². The molecule has 18 heavy (non-hydrogen) atoms. The predicted octanol–water partition coefficient (Wildman–Crippen LogP) is 2.36. The summed E-state index contributed by atoms with van der Waals surface area (Å²) in [6.45, 7) is 9.21. The van der Waals surface area contributed by atoms with Gasteiger partial charge >= 0.3 is 126 Å². The fourth-order valence-corrected chi connectivity index (χ4v) is 4.80. The second-order valence-corrected chi connectivity index (χ2v) is 8.22. The first kappa shape index (κ1) is 16.3. The van der Waals surface area contributed by atoms with Crippen LogP contribution in [0.15, 0.2) is 4.99 Å². The van der Waals surface area contributed by atoms with Crippen LogP contribution in [-0.2, 0) is 0 Å². The molecule has 0 amide bonds. The van der Waals surface area contributed by atoms with Crippen LogP contribution in [0.2, 0.25) is 0 Å². The van der Waals surface area contributed by atoms with Crippen LogP contribution in [0.25, 0.3) is 0 Å². The molecule has 0 spiro atoms. The molecule has 0 aromatic carbocycles. The van der Waals surface area contributed by atoms with Gasteiger partial charge in [-0.25, -0.2) is 0 Å².